The number of halogens is 1. The van der Waals surface area contributed by atoms with Crippen molar-refractivity contribution in [2.45, 2.75) is 38.5 Å². The highest BCUT2D eigenvalue weighted by Gasteiger charge is 2.26. The van der Waals surface area contributed by atoms with Gasteiger partial charge in [-0.05, 0) is 30.3 Å². The maximum atomic E-state index is 11.8. The molecule has 98 valence electrons. The lowest BCUT2D eigenvalue weighted by Crippen LogP contribution is -2.33. The second-order valence-corrected chi connectivity index (χ2v) is 4.77. The normalized spacial score (nSPS) is 23.9. The van der Waals surface area contributed by atoms with Crippen LogP contribution in [-0.2, 0) is 4.74 Å². The van der Waals surface area contributed by atoms with Crippen LogP contribution in [0.1, 0.15) is 38.0 Å². The van der Waals surface area contributed by atoms with Crippen LogP contribution in [0.2, 0.25) is 0 Å². The Morgan fingerprint density at radius 2 is 2.33 bits per heavy atom. The van der Waals surface area contributed by atoms with Crippen molar-refractivity contribution >= 4 is 22.0 Å². The number of rotatable bonds is 3. The summed E-state index contributed by atoms with van der Waals surface area (Å²) in [5, 5.41) is 0. The predicted molar refractivity (Wildman–Crippen MR) is 72.7 cm³/mol. The van der Waals surface area contributed by atoms with Crippen molar-refractivity contribution in [2.24, 2.45) is 0 Å². The lowest BCUT2D eigenvalue weighted by Gasteiger charge is -2.15. The van der Waals surface area contributed by atoms with E-state index in [0.29, 0.717) is 5.56 Å². The monoisotopic (exact) mass is 314 g/mol. The Hall–Kier alpha value is -1.14. The van der Waals surface area contributed by atoms with E-state index in [1.54, 1.807) is 17.3 Å². The standard InChI is InChI=1S/C12H15BrN2O3/c1-2-9-3-4-10(18-9)15-7-8(5-6-13)11(16)14-12(15)17/h5-7,9-10H,2-4H2,1H3,(H,14,16,17)/b6-5+. The number of hydrogen-bond donors (Lipinski definition) is 1. The molecule has 18 heavy (non-hydrogen) atoms. The minimum atomic E-state index is -0.423. The first-order valence-corrected chi connectivity index (χ1v) is 6.85. The highest BCUT2D eigenvalue weighted by Crippen LogP contribution is 2.28. The molecular formula is C12H15BrN2O3. The van der Waals surface area contributed by atoms with Gasteiger partial charge in [0, 0.05) is 6.20 Å². The third-order valence-corrected chi connectivity index (χ3v) is 3.35. The molecule has 2 heterocycles. The van der Waals surface area contributed by atoms with E-state index in [-0.39, 0.29) is 12.3 Å². The van der Waals surface area contributed by atoms with Crippen LogP contribution >= 0.6 is 15.9 Å². The Morgan fingerprint density at radius 3 is 2.94 bits per heavy atom. The Kier molecular flexibility index (Phi) is 4.19. The van der Waals surface area contributed by atoms with E-state index in [2.05, 4.69) is 27.8 Å². The van der Waals surface area contributed by atoms with Gasteiger partial charge in [-0.1, -0.05) is 22.9 Å². The van der Waals surface area contributed by atoms with Gasteiger partial charge < -0.3 is 4.74 Å². The van der Waals surface area contributed by atoms with E-state index in [0.717, 1.165) is 19.3 Å². The molecule has 1 aromatic heterocycles. The van der Waals surface area contributed by atoms with E-state index in [4.69, 9.17) is 4.74 Å². The quantitative estimate of drug-likeness (QED) is 0.928. The van der Waals surface area contributed by atoms with Gasteiger partial charge in [-0.2, -0.15) is 0 Å². The number of nitrogens with one attached hydrogen (secondary N) is 1. The van der Waals surface area contributed by atoms with Crippen LogP contribution in [0.5, 0.6) is 0 Å². The van der Waals surface area contributed by atoms with Crippen LogP contribution in [0.4, 0.5) is 0 Å². The van der Waals surface area contributed by atoms with Gasteiger partial charge in [0.05, 0.1) is 11.7 Å². The van der Waals surface area contributed by atoms with Crippen LogP contribution in [0.15, 0.2) is 20.8 Å². The van der Waals surface area contributed by atoms with Crippen molar-refractivity contribution in [3.05, 3.63) is 37.6 Å². The lowest BCUT2D eigenvalue weighted by molar-refractivity contribution is -0.00204. The Morgan fingerprint density at radius 1 is 1.56 bits per heavy atom. The van der Waals surface area contributed by atoms with Crippen molar-refractivity contribution < 1.29 is 4.74 Å². The van der Waals surface area contributed by atoms with Gasteiger partial charge >= 0.3 is 5.69 Å². The van der Waals surface area contributed by atoms with Crippen LogP contribution in [-0.4, -0.2) is 15.7 Å². The summed E-state index contributed by atoms with van der Waals surface area (Å²) in [6, 6.07) is 0. The molecule has 0 bridgehead atoms. The number of hydrogen-bond acceptors (Lipinski definition) is 3. The zero-order valence-corrected chi connectivity index (χ0v) is 11.6. The molecule has 2 atom stereocenters. The minimum absolute atomic E-state index is 0.198. The number of H-pyrrole nitrogens is 1. The van der Waals surface area contributed by atoms with Crippen LogP contribution in [0.25, 0.3) is 6.08 Å². The van der Waals surface area contributed by atoms with E-state index in [1.165, 1.54) is 4.57 Å². The number of ether oxygens (including phenoxy) is 1. The average molecular weight is 315 g/mol. The fourth-order valence-electron chi connectivity index (χ4n) is 2.09. The fraction of sp³-hybridized carbons (Fsp3) is 0.500. The van der Waals surface area contributed by atoms with Crippen LogP contribution in [0, 0.1) is 0 Å². The highest BCUT2D eigenvalue weighted by atomic mass is 79.9. The smallest absolute Gasteiger partial charge is 0.330 e. The van der Waals surface area contributed by atoms with E-state index < -0.39 is 11.2 Å². The Bertz CT molecular complexity index is 561. The fourth-order valence-corrected chi connectivity index (χ4v) is 2.38. The molecule has 1 aliphatic rings. The topological polar surface area (TPSA) is 64.1 Å². The molecule has 1 saturated heterocycles. The highest BCUT2D eigenvalue weighted by molar-refractivity contribution is 9.11. The largest absolute Gasteiger partial charge is 0.355 e. The zero-order chi connectivity index (χ0) is 13.1. The summed E-state index contributed by atoms with van der Waals surface area (Å²) in [6.45, 7) is 2.06. The molecule has 1 aromatic rings. The van der Waals surface area contributed by atoms with Gasteiger partial charge in [-0.15, -0.1) is 0 Å². The summed E-state index contributed by atoms with van der Waals surface area (Å²) in [6.07, 6.45) is 5.73. The SMILES string of the molecule is CCC1CCC(n2cc(/C=C/Br)c(=O)[nH]c2=O)O1. The van der Waals surface area contributed by atoms with Crippen molar-refractivity contribution in [3.8, 4) is 0 Å². The summed E-state index contributed by atoms with van der Waals surface area (Å²) in [7, 11) is 0. The van der Waals surface area contributed by atoms with Gasteiger partial charge in [-0.3, -0.25) is 14.3 Å². The first-order chi connectivity index (χ1) is 8.65. The van der Waals surface area contributed by atoms with Gasteiger partial charge in [0.2, 0.25) is 0 Å². The maximum absolute atomic E-state index is 11.8. The number of nitrogens with zero attached hydrogens (tertiary/aromatic N) is 1. The molecule has 0 spiro atoms. The van der Waals surface area contributed by atoms with E-state index in [1.807, 2.05) is 0 Å². The number of aromatic nitrogens is 2. The molecule has 2 rings (SSSR count). The van der Waals surface area contributed by atoms with Crippen molar-refractivity contribution in [1.82, 2.24) is 9.55 Å². The van der Waals surface area contributed by atoms with Gasteiger partial charge in [0.25, 0.3) is 5.56 Å². The third kappa shape index (κ3) is 2.64. The molecule has 0 radical (unpaired) electrons. The first kappa shape index (κ1) is 13.3. The Labute approximate surface area is 113 Å². The van der Waals surface area contributed by atoms with Gasteiger partial charge in [-0.25, -0.2) is 4.79 Å². The lowest BCUT2D eigenvalue weighted by atomic mass is 10.2. The summed E-state index contributed by atoms with van der Waals surface area (Å²) in [5.41, 5.74) is -0.388. The predicted octanol–water partition coefficient (Wildman–Crippen LogP) is 1.99. The molecule has 0 aromatic carbocycles. The van der Waals surface area contributed by atoms with Gasteiger partial charge in [0.15, 0.2) is 0 Å². The van der Waals surface area contributed by atoms with Gasteiger partial charge in [0.1, 0.15) is 6.23 Å². The molecule has 0 amide bonds. The maximum Gasteiger partial charge on any atom is 0.330 e. The average Bonchev–Trinajstić information content (AvgIpc) is 2.81. The summed E-state index contributed by atoms with van der Waals surface area (Å²) < 4.78 is 7.21. The summed E-state index contributed by atoms with van der Waals surface area (Å²) in [4.78, 5) is 27.2. The molecule has 1 N–H and O–H groups in total. The molecule has 0 aliphatic carbocycles. The van der Waals surface area contributed by atoms with Crippen molar-refractivity contribution in [1.29, 1.82) is 0 Å². The van der Waals surface area contributed by atoms with E-state index in [9.17, 15) is 9.59 Å². The molecular weight excluding hydrogens is 300 g/mol. The van der Waals surface area contributed by atoms with Crippen LogP contribution in [0.3, 0.4) is 0 Å². The molecule has 5 nitrogen and oxygen atoms in total. The van der Waals surface area contributed by atoms with Crippen molar-refractivity contribution in [3.63, 3.8) is 0 Å². The molecule has 0 saturated carbocycles. The Balaban J connectivity index is 2.36. The first-order valence-electron chi connectivity index (χ1n) is 5.93. The number of aromatic amines is 1. The van der Waals surface area contributed by atoms with Crippen LogP contribution < -0.4 is 11.2 Å². The summed E-state index contributed by atoms with van der Waals surface area (Å²) in [5.74, 6) is 0. The second kappa shape index (κ2) is 5.67. The minimum Gasteiger partial charge on any atom is -0.355 e. The molecule has 1 fully saturated rings. The van der Waals surface area contributed by atoms with E-state index >= 15 is 0 Å². The molecule has 1 aliphatic heterocycles. The zero-order valence-electron chi connectivity index (χ0n) is 10.1. The van der Waals surface area contributed by atoms with Crippen molar-refractivity contribution in [2.75, 3.05) is 0 Å². The molecule has 6 heteroatoms. The molecule has 2 unspecified atom stereocenters. The second-order valence-electron chi connectivity index (χ2n) is 4.24. The third-order valence-electron chi connectivity index (χ3n) is 3.09. The summed E-state index contributed by atoms with van der Waals surface area (Å²) >= 11 is 3.12.